The van der Waals surface area contributed by atoms with Gasteiger partial charge >= 0.3 is 0 Å². The van der Waals surface area contributed by atoms with Gasteiger partial charge in [-0.15, -0.1) is 0 Å². The number of hydrogen-bond acceptors (Lipinski definition) is 3. The van der Waals surface area contributed by atoms with Gasteiger partial charge in [-0.25, -0.2) is 0 Å². The molecule has 2 aromatic carbocycles. The van der Waals surface area contributed by atoms with Crippen LogP contribution < -0.4 is 0 Å². The summed E-state index contributed by atoms with van der Waals surface area (Å²) in [4.78, 5) is 31.6. The van der Waals surface area contributed by atoms with Gasteiger partial charge in [-0.05, 0) is 48.1 Å². The summed E-state index contributed by atoms with van der Waals surface area (Å²) in [5.41, 5.74) is 4.08. The summed E-state index contributed by atoms with van der Waals surface area (Å²) in [5, 5.41) is 0. The lowest BCUT2D eigenvalue weighted by atomic mass is 9.89. The van der Waals surface area contributed by atoms with Crippen molar-refractivity contribution in [2.24, 2.45) is 5.92 Å². The van der Waals surface area contributed by atoms with Crippen molar-refractivity contribution in [1.29, 1.82) is 0 Å². The quantitative estimate of drug-likeness (QED) is 0.560. The number of aromatic nitrogens is 1. The highest BCUT2D eigenvalue weighted by molar-refractivity contribution is 5.98. The molecule has 0 unspecified atom stereocenters. The molecular weight excluding hydrogens is 372 g/mol. The lowest BCUT2D eigenvalue weighted by Gasteiger charge is -2.32. The number of aryl methyl sites for hydroxylation is 1. The molecule has 0 N–H and O–H groups in total. The zero-order valence-corrected chi connectivity index (χ0v) is 17.0. The van der Waals surface area contributed by atoms with Crippen molar-refractivity contribution < 1.29 is 9.59 Å². The van der Waals surface area contributed by atoms with Crippen LogP contribution in [0.4, 0.5) is 0 Å². The lowest BCUT2D eigenvalue weighted by Crippen LogP contribution is -2.42. The van der Waals surface area contributed by atoms with E-state index in [4.69, 9.17) is 0 Å². The normalized spacial score (nSPS) is 16.3. The third-order valence-electron chi connectivity index (χ3n) is 5.80. The summed E-state index contributed by atoms with van der Waals surface area (Å²) in [6.45, 7) is 1.26. The first-order valence-electron chi connectivity index (χ1n) is 10.6. The van der Waals surface area contributed by atoms with Crippen LogP contribution in [-0.2, 0) is 11.2 Å². The Balaban J connectivity index is 1.36. The number of hydrogen-bond donors (Lipinski definition) is 0. The van der Waals surface area contributed by atoms with Gasteiger partial charge in [0.2, 0.25) is 5.91 Å². The van der Waals surface area contributed by atoms with Crippen molar-refractivity contribution in [3.63, 3.8) is 0 Å². The van der Waals surface area contributed by atoms with Gasteiger partial charge in [-0.2, -0.15) is 0 Å². The highest BCUT2D eigenvalue weighted by atomic mass is 16.2. The molecule has 1 amide bonds. The molecule has 2 heterocycles. The molecule has 0 radical (unpaired) electrons. The molecule has 0 bridgehead atoms. The minimum absolute atomic E-state index is 0.119. The number of carbonyl (C=O) groups is 2. The molecule has 1 aliphatic heterocycles. The molecule has 1 saturated heterocycles. The fourth-order valence-electron chi connectivity index (χ4n) is 4.07. The largest absolute Gasteiger partial charge is 0.342 e. The van der Waals surface area contributed by atoms with E-state index in [0.717, 1.165) is 41.6 Å². The Morgan fingerprint density at radius 2 is 1.60 bits per heavy atom. The van der Waals surface area contributed by atoms with E-state index in [2.05, 4.69) is 17.1 Å². The number of nitrogens with zero attached hydrogens (tertiary/aromatic N) is 2. The third-order valence-corrected chi connectivity index (χ3v) is 5.80. The molecule has 30 heavy (non-hydrogen) atoms. The molecule has 152 valence electrons. The van der Waals surface area contributed by atoms with Gasteiger partial charge in [-0.3, -0.25) is 14.6 Å². The van der Waals surface area contributed by atoms with E-state index in [-0.39, 0.29) is 17.6 Å². The topological polar surface area (TPSA) is 50.3 Å². The van der Waals surface area contributed by atoms with Crippen LogP contribution >= 0.6 is 0 Å². The fraction of sp³-hybridized carbons (Fsp3) is 0.269. The summed E-state index contributed by atoms with van der Waals surface area (Å²) < 4.78 is 0. The number of pyridine rings is 1. The Hall–Kier alpha value is -3.27. The van der Waals surface area contributed by atoms with Crippen molar-refractivity contribution in [3.05, 3.63) is 90.3 Å². The van der Waals surface area contributed by atoms with Gasteiger partial charge in [0, 0.05) is 43.4 Å². The first-order chi connectivity index (χ1) is 14.7. The van der Waals surface area contributed by atoms with Gasteiger partial charge in [0.05, 0.1) is 0 Å². The van der Waals surface area contributed by atoms with Crippen molar-refractivity contribution >= 4 is 11.7 Å². The van der Waals surface area contributed by atoms with E-state index >= 15 is 0 Å². The van der Waals surface area contributed by atoms with Crippen LogP contribution in [0.5, 0.6) is 0 Å². The second kappa shape index (κ2) is 9.49. The van der Waals surface area contributed by atoms with Gasteiger partial charge in [-0.1, -0.05) is 54.6 Å². The second-order valence-electron chi connectivity index (χ2n) is 7.84. The van der Waals surface area contributed by atoms with Crippen LogP contribution in [0.15, 0.2) is 79.1 Å². The summed E-state index contributed by atoms with van der Waals surface area (Å²) >= 11 is 0. The molecule has 0 saturated carbocycles. The molecular formula is C26H26N2O2. The standard InChI is InChI=1S/C26H26N2O2/c29-25(13-8-20-14-16-27-17-15-20)28-18-4-7-24(19-28)26(30)23-11-9-22(10-12-23)21-5-2-1-3-6-21/h1-3,5-6,9-12,14-17,24H,4,7-8,13,18-19H2/t24-/m0/s1. The Morgan fingerprint density at radius 1 is 0.900 bits per heavy atom. The number of rotatable bonds is 6. The average Bonchev–Trinajstić information content (AvgIpc) is 2.83. The predicted octanol–water partition coefficient (Wildman–Crippen LogP) is 4.80. The fourth-order valence-corrected chi connectivity index (χ4v) is 4.07. The number of benzene rings is 2. The molecule has 4 rings (SSSR count). The molecule has 4 nitrogen and oxygen atoms in total. The number of amides is 1. The maximum absolute atomic E-state index is 13.1. The summed E-state index contributed by atoms with van der Waals surface area (Å²) in [6.07, 6.45) is 6.39. The highest BCUT2D eigenvalue weighted by Gasteiger charge is 2.28. The number of ketones is 1. The smallest absolute Gasteiger partial charge is 0.222 e. The van der Waals surface area contributed by atoms with Gasteiger partial charge < -0.3 is 4.90 Å². The summed E-state index contributed by atoms with van der Waals surface area (Å²) in [7, 11) is 0. The molecule has 0 aliphatic carbocycles. The molecule has 3 aromatic rings. The summed E-state index contributed by atoms with van der Waals surface area (Å²) in [6, 6.07) is 21.8. The van der Waals surface area contributed by atoms with E-state index in [1.165, 1.54) is 0 Å². The van der Waals surface area contributed by atoms with Gasteiger partial charge in [0.15, 0.2) is 5.78 Å². The first-order valence-corrected chi connectivity index (χ1v) is 10.6. The number of Topliss-reactive ketones (excluding diaryl/α,β-unsaturated/α-hetero) is 1. The molecule has 1 aromatic heterocycles. The monoisotopic (exact) mass is 398 g/mol. The lowest BCUT2D eigenvalue weighted by molar-refractivity contribution is -0.132. The van der Waals surface area contributed by atoms with E-state index in [1.807, 2.05) is 59.5 Å². The first kappa shape index (κ1) is 20.0. The van der Waals surface area contributed by atoms with Crippen LogP contribution in [0.25, 0.3) is 11.1 Å². The van der Waals surface area contributed by atoms with Crippen molar-refractivity contribution in [3.8, 4) is 11.1 Å². The molecule has 1 atom stereocenters. The molecule has 0 spiro atoms. The Labute approximate surface area is 177 Å². The Morgan fingerprint density at radius 3 is 2.33 bits per heavy atom. The van der Waals surface area contributed by atoms with Crippen LogP contribution in [0.1, 0.15) is 35.2 Å². The van der Waals surface area contributed by atoms with Gasteiger partial charge in [0.25, 0.3) is 0 Å². The Bertz CT molecular complexity index is 985. The Kier molecular flexibility index (Phi) is 6.33. The predicted molar refractivity (Wildman–Crippen MR) is 118 cm³/mol. The van der Waals surface area contributed by atoms with Crippen LogP contribution in [-0.4, -0.2) is 34.7 Å². The minimum atomic E-state index is -0.119. The zero-order valence-electron chi connectivity index (χ0n) is 17.0. The van der Waals surface area contributed by atoms with Crippen molar-refractivity contribution in [2.45, 2.75) is 25.7 Å². The SMILES string of the molecule is O=C(c1ccc(-c2ccccc2)cc1)[C@H]1CCCN(C(=O)CCc2ccncc2)C1. The van der Waals surface area contributed by atoms with E-state index in [0.29, 0.717) is 19.4 Å². The maximum Gasteiger partial charge on any atom is 0.222 e. The van der Waals surface area contributed by atoms with Crippen LogP contribution in [0.2, 0.25) is 0 Å². The minimum Gasteiger partial charge on any atom is -0.342 e. The van der Waals surface area contributed by atoms with E-state index < -0.39 is 0 Å². The second-order valence-corrected chi connectivity index (χ2v) is 7.84. The highest BCUT2D eigenvalue weighted by Crippen LogP contribution is 2.24. The zero-order chi connectivity index (χ0) is 20.8. The third kappa shape index (κ3) is 4.82. The maximum atomic E-state index is 13.1. The molecule has 4 heteroatoms. The number of likely N-dealkylation sites (tertiary alicyclic amines) is 1. The summed E-state index contributed by atoms with van der Waals surface area (Å²) in [5.74, 6) is 0.149. The number of piperidine rings is 1. The average molecular weight is 399 g/mol. The van der Waals surface area contributed by atoms with Crippen molar-refractivity contribution in [2.75, 3.05) is 13.1 Å². The van der Waals surface area contributed by atoms with Crippen LogP contribution in [0.3, 0.4) is 0 Å². The number of carbonyl (C=O) groups excluding carboxylic acids is 2. The van der Waals surface area contributed by atoms with Crippen LogP contribution in [0, 0.1) is 5.92 Å². The molecule has 1 aliphatic rings. The molecule has 1 fully saturated rings. The van der Waals surface area contributed by atoms with E-state index in [1.54, 1.807) is 12.4 Å². The van der Waals surface area contributed by atoms with E-state index in [9.17, 15) is 9.59 Å². The van der Waals surface area contributed by atoms with Gasteiger partial charge in [0.1, 0.15) is 0 Å². The van der Waals surface area contributed by atoms with Crippen molar-refractivity contribution in [1.82, 2.24) is 9.88 Å².